The number of thioether (sulfide) groups is 1. The van der Waals surface area contributed by atoms with E-state index >= 15 is 0 Å². The Morgan fingerprint density at radius 3 is 2.64 bits per heavy atom. The monoisotopic (exact) mass is 406 g/mol. The van der Waals surface area contributed by atoms with Gasteiger partial charge in [-0.1, -0.05) is 48.0 Å². The Morgan fingerprint density at radius 1 is 1.14 bits per heavy atom. The highest BCUT2D eigenvalue weighted by molar-refractivity contribution is 8.18. The average Bonchev–Trinajstić information content (AvgIpc) is 3.03. The Hall–Kier alpha value is -2.30. The molecule has 1 aliphatic carbocycles. The molecule has 0 bridgehead atoms. The smallest absolute Gasteiger partial charge is 0.174 e. The molecule has 140 valence electrons. The number of aryl methyl sites for hydroxylation is 1. The Balaban J connectivity index is 1.73. The van der Waals surface area contributed by atoms with E-state index in [1.165, 1.54) is 34.0 Å². The van der Waals surface area contributed by atoms with Crippen molar-refractivity contribution in [1.82, 2.24) is 4.90 Å². The highest BCUT2D eigenvalue weighted by atomic mass is 35.5. The minimum Gasteiger partial charge on any atom is -0.312 e. The number of carbonyl (C=O) groups is 1. The minimum absolute atomic E-state index is 0.0393. The SMILES string of the molecule is CC(=O)C1=C(C)N2C(=NC3=C(CCc4ccccc43)C2c2ccc(Cl)cc2)S1. The quantitative estimate of drug-likeness (QED) is 0.615. The van der Waals surface area contributed by atoms with Crippen molar-refractivity contribution >= 4 is 40.0 Å². The molecule has 1 unspecified atom stereocenters. The first-order chi connectivity index (χ1) is 13.5. The maximum Gasteiger partial charge on any atom is 0.174 e. The fourth-order valence-electron chi connectivity index (χ4n) is 4.35. The van der Waals surface area contributed by atoms with Gasteiger partial charge in [-0.05, 0) is 67.3 Å². The molecular weight excluding hydrogens is 388 g/mol. The molecule has 2 aliphatic heterocycles. The van der Waals surface area contributed by atoms with Crippen LogP contribution in [0.4, 0.5) is 0 Å². The number of aliphatic imine (C=N–C) groups is 1. The summed E-state index contributed by atoms with van der Waals surface area (Å²) in [4.78, 5) is 20.3. The fraction of sp³-hybridized carbons (Fsp3) is 0.217. The van der Waals surface area contributed by atoms with Crippen molar-refractivity contribution in [3.8, 4) is 0 Å². The van der Waals surface area contributed by atoms with E-state index in [1.807, 2.05) is 19.1 Å². The number of ketones is 1. The van der Waals surface area contributed by atoms with Gasteiger partial charge in [0.2, 0.25) is 0 Å². The molecule has 0 fully saturated rings. The van der Waals surface area contributed by atoms with Crippen molar-refractivity contribution in [2.24, 2.45) is 4.99 Å². The van der Waals surface area contributed by atoms with E-state index in [0.717, 1.165) is 39.3 Å². The molecule has 0 saturated carbocycles. The van der Waals surface area contributed by atoms with Crippen LogP contribution in [0.25, 0.3) is 5.70 Å². The summed E-state index contributed by atoms with van der Waals surface area (Å²) in [5.74, 6) is 0.0906. The van der Waals surface area contributed by atoms with Gasteiger partial charge in [0.1, 0.15) is 0 Å². The van der Waals surface area contributed by atoms with E-state index in [1.54, 1.807) is 6.92 Å². The lowest BCUT2D eigenvalue weighted by Gasteiger charge is -2.39. The van der Waals surface area contributed by atoms with Crippen molar-refractivity contribution in [3.63, 3.8) is 0 Å². The first kappa shape index (κ1) is 17.8. The van der Waals surface area contributed by atoms with Crippen molar-refractivity contribution < 1.29 is 4.79 Å². The summed E-state index contributed by atoms with van der Waals surface area (Å²) in [6.45, 7) is 3.66. The first-order valence-corrected chi connectivity index (χ1v) is 10.6. The van der Waals surface area contributed by atoms with Crippen LogP contribution >= 0.6 is 23.4 Å². The van der Waals surface area contributed by atoms with Gasteiger partial charge in [0.15, 0.2) is 11.0 Å². The van der Waals surface area contributed by atoms with Crippen molar-refractivity contribution in [1.29, 1.82) is 0 Å². The van der Waals surface area contributed by atoms with Gasteiger partial charge in [-0.15, -0.1) is 0 Å². The lowest BCUT2D eigenvalue weighted by molar-refractivity contribution is -0.113. The number of fused-ring (bicyclic) bond motifs is 3. The summed E-state index contributed by atoms with van der Waals surface area (Å²) in [7, 11) is 0. The second-order valence-corrected chi connectivity index (χ2v) is 8.74. The molecule has 5 heteroatoms. The molecule has 1 atom stereocenters. The Morgan fingerprint density at radius 2 is 1.89 bits per heavy atom. The number of allylic oxidation sites excluding steroid dienone is 2. The normalized spacial score (nSPS) is 20.6. The molecule has 2 aromatic carbocycles. The van der Waals surface area contributed by atoms with Crippen LogP contribution in [0.1, 0.15) is 43.0 Å². The summed E-state index contributed by atoms with van der Waals surface area (Å²) >= 11 is 7.64. The van der Waals surface area contributed by atoms with E-state index in [-0.39, 0.29) is 11.8 Å². The van der Waals surface area contributed by atoms with Crippen LogP contribution in [0.15, 0.2) is 69.7 Å². The number of halogens is 1. The van der Waals surface area contributed by atoms with Crippen molar-refractivity contribution in [2.75, 3.05) is 0 Å². The molecule has 0 aromatic heterocycles. The predicted octanol–water partition coefficient (Wildman–Crippen LogP) is 5.98. The van der Waals surface area contributed by atoms with Crippen molar-refractivity contribution in [2.45, 2.75) is 32.7 Å². The number of hydrogen-bond acceptors (Lipinski definition) is 4. The molecule has 2 aromatic rings. The van der Waals surface area contributed by atoms with E-state index in [4.69, 9.17) is 16.6 Å². The summed E-state index contributed by atoms with van der Waals surface area (Å²) in [5, 5.41) is 1.61. The second-order valence-electron chi connectivity index (χ2n) is 7.32. The summed E-state index contributed by atoms with van der Waals surface area (Å²) in [6, 6.07) is 16.6. The number of hydrogen-bond donors (Lipinski definition) is 0. The van der Waals surface area contributed by atoms with Gasteiger partial charge in [0.05, 0.1) is 16.6 Å². The molecule has 0 saturated heterocycles. The van der Waals surface area contributed by atoms with E-state index in [0.29, 0.717) is 0 Å². The predicted molar refractivity (Wildman–Crippen MR) is 116 cm³/mol. The molecule has 3 aliphatic rings. The molecule has 0 amide bonds. The fourth-order valence-corrected chi connectivity index (χ4v) is 5.53. The van der Waals surface area contributed by atoms with Crippen molar-refractivity contribution in [3.05, 3.63) is 86.4 Å². The standard InChI is InChI=1S/C23H19ClN2OS/c1-13-22(14(2)27)28-23-25-20-18-6-4-3-5-15(18)9-12-19(20)21(26(13)23)16-7-10-17(24)11-8-16/h3-8,10-11,21H,9,12H2,1-2H3. The Labute approximate surface area is 173 Å². The maximum atomic E-state index is 12.2. The zero-order chi connectivity index (χ0) is 19.4. The Bertz CT molecular complexity index is 1100. The summed E-state index contributed by atoms with van der Waals surface area (Å²) in [5.41, 5.74) is 7.10. The van der Waals surface area contributed by atoms with Gasteiger partial charge in [-0.3, -0.25) is 4.79 Å². The van der Waals surface area contributed by atoms with Gasteiger partial charge >= 0.3 is 0 Å². The molecule has 2 heterocycles. The number of nitrogens with zero attached hydrogens (tertiary/aromatic N) is 2. The highest BCUT2D eigenvalue weighted by Gasteiger charge is 2.41. The third-order valence-corrected chi connectivity index (χ3v) is 7.14. The average molecular weight is 407 g/mol. The maximum absolute atomic E-state index is 12.2. The van der Waals surface area contributed by atoms with Crippen LogP contribution in [-0.4, -0.2) is 15.9 Å². The van der Waals surface area contributed by atoms with Gasteiger partial charge in [-0.25, -0.2) is 4.99 Å². The number of carbonyl (C=O) groups excluding carboxylic acids is 1. The summed E-state index contributed by atoms with van der Waals surface area (Å²) in [6.07, 6.45) is 1.97. The van der Waals surface area contributed by atoms with Crippen LogP contribution in [0.2, 0.25) is 5.02 Å². The van der Waals surface area contributed by atoms with E-state index in [2.05, 4.69) is 41.3 Å². The minimum atomic E-state index is 0.0393. The molecular formula is C23H19ClN2OS. The molecule has 3 nitrogen and oxygen atoms in total. The zero-order valence-corrected chi connectivity index (χ0v) is 17.3. The Kier molecular flexibility index (Phi) is 4.22. The molecule has 0 radical (unpaired) electrons. The summed E-state index contributed by atoms with van der Waals surface area (Å²) < 4.78 is 0. The number of Topliss-reactive ketones (excluding diaryl/α,β-unsaturated/α-hetero) is 1. The van der Waals surface area contributed by atoms with Crippen LogP contribution in [0.5, 0.6) is 0 Å². The molecule has 0 spiro atoms. The second kappa shape index (κ2) is 6.64. The third kappa shape index (κ3) is 2.66. The lowest BCUT2D eigenvalue weighted by atomic mass is 9.82. The number of benzene rings is 2. The zero-order valence-electron chi connectivity index (χ0n) is 15.7. The van der Waals surface area contributed by atoms with Crippen LogP contribution < -0.4 is 0 Å². The van der Waals surface area contributed by atoms with Crippen LogP contribution in [-0.2, 0) is 11.2 Å². The largest absolute Gasteiger partial charge is 0.312 e. The molecule has 28 heavy (non-hydrogen) atoms. The lowest BCUT2D eigenvalue weighted by Crippen LogP contribution is -2.34. The first-order valence-electron chi connectivity index (χ1n) is 9.39. The topological polar surface area (TPSA) is 32.7 Å². The third-order valence-electron chi connectivity index (χ3n) is 5.63. The van der Waals surface area contributed by atoms with Crippen LogP contribution in [0.3, 0.4) is 0 Å². The van der Waals surface area contributed by atoms with Gasteiger partial charge < -0.3 is 4.90 Å². The molecule has 0 N–H and O–H groups in total. The van der Waals surface area contributed by atoms with E-state index < -0.39 is 0 Å². The highest BCUT2D eigenvalue weighted by Crippen LogP contribution is 2.51. The van der Waals surface area contributed by atoms with Gasteiger partial charge in [0.25, 0.3) is 0 Å². The van der Waals surface area contributed by atoms with Gasteiger partial charge in [0, 0.05) is 16.3 Å². The van der Waals surface area contributed by atoms with E-state index in [9.17, 15) is 4.79 Å². The number of amidine groups is 1. The van der Waals surface area contributed by atoms with Crippen LogP contribution in [0, 0.1) is 0 Å². The van der Waals surface area contributed by atoms with Gasteiger partial charge in [-0.2, -0.15) is 0 Å². The molecule has 5 rings (SSSR count). The number of rotatable bonds is 2.